The Labute approximate surface area is 117 Å². The van der Waals surface area contributed by atoms with E-state index < -0.39 is 16.1 Å². The van der Waals surface area contributed by atoms with Crippen LogP contribution in [0.15, 0.2) is 29.2 Å². The van der Waals surface area contributed by atoms with Gasteiger partial charge in [-0.25, -0.2) is 8.42 Å². The Bertz CT molecular complexity index is 660. The van der Waals surface area contributed by atoms with Gasteiger partial charge in [-0.2, -0.15) is 9.98 Å². The van der Waals surface area contributed by atoms with E-state index >= 15 is 0 Å². The molecule has 1 aromatic carbocycles. The number of nitrogens with zero attached hydrogens (tertiary/aromatic N) is 1. The monoisotopic (exact) mass is 293 g/mol. The number of amides is 1. The van der Waals surface area contributed by atoms with E-state index in [1.54, 1.807) is 6.07 Å². The summed E-state index contributed by atoms with van der Waals surface area (Å²) >= 11 is 0. The third kappa shape index (κ3) is 3.35. The van der Waals surface area contributed by atoms with E-state index in [1.165, 1.54) is 25.1 Å². The first-order valence-corrected chi connectivity index (χ1v) is 7.74. The number of hydrogen-bond acceptors (Lipinski definition) is 4. The summed E-state index contributed by atoms with van der Waals surface area (Å²) in [7, 11) is -3.90. The van der Waals surface area contributed by atoms with E-state index in [4.69, 9.17) is 5.26 Å². The van der Waals surface area contributed by atoms with E-state index in [0.29, 0.717) is 0 Å². The van der Waals surface area contributed by atoms with Crippen molar-refractivity contribution < 1.29 is 13.2 Å². The second kappa shape index (κ2) is 5.61. The van der Waals surface area contributed by atoms with Crippen molar-refractivity contribution in [2.24, 2.45) is 0 Å². The Kier molecular flexibility index (Phi) is 4.06. The van der Waals surface area contributed by atoms with E-state index in [1.807, 2.05) is 6.07 Å². The number of carbonyl (C=O) groups is 1. The first-order chi connectivity index (χ1) is 9.44. The number of benzene rings is 1. The second-order valence-electron chi connectivity index (χ2n) is 4.73. The topological polar surface area (TPSA) is 99.1 Å². The van der Waals surface area contributed by atoms with Crippen LogP contribution in [0.1, 0.15) is 25.3 Å². The molecule has 0 saturated heterocycles. The third-order valence-corrected chi connectivity index (χ3v) is 4.54. The highest BCUT2D eigenvalue weighted by molar-refractivity contribution is 7.89. The minimum atomic E-state index is -3.90. The van der Waals surface area contributed by atoms with Gasteiger partial charge in [0.05, 0.1) is 16.5 Å². The molecule has 1 aromatic rings. The average molecular weight is 293 g/mol. The maximum absolute atomic E-state index is 12.2. The fourth-order valence-corrected chi connectivity index (χ4v) is 3.06. The van der Waals surface area contributed by atoms with Crippen LogP contribution in [0.5, 0.6) is 0 Å². The lowest BCUT2D eigenvalue weighted by atomic mass is 10.2. The molecule has 1 aliphatic rings. The quantitative estimate of drug-likeness (QED) is 0.826. The molecule has 0 radical (unpaired) electrons. The second-order valence-corrected chi connectivity index (χ2v) is 6.42. The maximum Gasteiger partial charge on any atom is 0.242 e. The molecule has 0 bridgehead atoms. The SMILES string of the molecule is CC(NS(=O)(=O)c1ccccc1C#N)C(=O)NC1CC1. The molecule has 0 aromatic heterocycles. The van der Waals surface area contributed by atoms with Gasteiger partial charge in [0.15, 0.2) is 0 Å². The Hall–Kier alpha value is -1.91. The van der Waals surface area contributed by atoms with Crippen LogP contribution in [0.2, 0.25) is 0 Å². The van der Waals surface area contributed by atoms with Gasteiger partial charge in [0.25, 0.3) is 0 Å². The van der Waals surface area contributed by atoms with Crippen LogP contribution in [-0.4, -0.2) is 26.4 Å². The molecular formula is C13H15N3O3S. The number of nitrogens with one attached hydrogen (secondary N) is 2. The highest BCUT2D eigenvalue weighted by Crippen LogP contribution is 2.19. The number of nitriles is 1. The van der Waals surface area contributed by atoms with Crippen molar-refractivity contribution in [1.29, 1.82) is 5.26 Å². The summed E-state index contributed by atoms with van der Waals surface area (Å²) in [4.78, 5) is 11.6. The summed E-state index contributed by atoms with van der Waals surface area (Å²) in [6.07, 6.45) is 1.87. The number of hydrogen-bond donors (Lipinski definition) is 2. The van der Waals surface area contributed by atoms with Crippen LogP contribution in [0.4, 0.5) is 0 Å². The fraction of sp³-hybridized carbons (Fsp3) is 0.385. The van der Waals surface area contributed by atoms with Gasteiger partial charge in [-0.15, -0.1) is 0 Å². The largest absolute Gasteiger partial charge is 0.352 e. The molecule has 0 aliphatic heterocycles. The summed E-state index contributed by atoms with van der Waals surface area (Å²) in [5, 5.41) is 11.7. The van der Waals surface area contributed by atoms with Gasteiger partial charge in [0.2, 0.25) is 15.9 Å². The molecule has 0 heterocycles. The molecule has 1 unspecified atom stereocenters. The smallest absolute Gasteiger partial charge is 0.242 e. The number of rotatable bonds is 5. The molecule has 6 nitrogen and oxygen atoms in total. The lowest BCUT2D eigenvalue weighted by Crippen LogP contribution is -2.45. The molecule has 0 spiro atoms. The predicted octanol–water partition coefficient (Wildman–Crippen LogP) is 0.504. The standard InChI is InChI=1S/C13H15N3O3S/c1-9(13(17)15-11-6-7-11)16-20(18,19)12-5-3-2-4-10(12)8-14/h2-5,9,11,16H,6-7H2,1H3,(H,15,17). The molecule has 2 N–H and O–H groups in total. The van der Waals surface area contributed by atoms with E-state index in [-0.39, 0.29) is 22.4 Å². The molecule has 7 heteroatoms. The van der Waals surface area contributed by atoms with Crippen LogP contribution in [0.3, 0.4) is 0 Å². The third-order valence-electron chi connectivity index (χ3n) is 2.95. The van der Waals surface area contributed by atoms with Crippen LogP contribution in [0, 0.1) is 11.3 Å². The van der Waals surface area contributed by atoms with Gasteiger partial charge in [0.1, 0.15) is 6.07 Å². The Morgan fingerprint density at radius 2 is 2.05 bits per heavy atom. The maximum atomic E-state index is 12.2. The Balaban J connectivity index is 2.14. The highest BCUT2D eigenvalue weighted by Gasteiger charge is 2.28. The van der Waals surface area contributed by atoms with Crippen molar-refractivity contribution in [3.05, 3.63) is 29.8 Å². The van der Waals surface area contributed by atoms with E-state index in [2.05, 4.69) is 10.0 Å². The van der Waals surface area contributed by atoms with Crippen LogP contribution in [-0.2, 0) is 14.8 Å². The molecule has 20 heavy (non-hydrogen) atoms. The molecule has 1 amide bonds. The first-order valence-electron chi connectivity index (χ1n) is 6.26. The molecular weight excluding hydrogens is 278 g/mol. The lowest BCUT2D eigenvalue weighted by molar-refractivity contribution is -0.122. The summed E-state index contributed by atoms with van der Waals surface area (Å²) in [5.41, 5.74) is 0.0507. The van der Waals surface area contributed by atoms with E-state index in [9.17, 15) is 13.2 Å². The van der Waals surface area contributed by atoms with Gasteiger partial charge in [-0.1, -0.05) is 12.1 Å². The molecule has 2 rings (SSSR count). The van der Waals surface area contributed by atoms with Crippen molar-refractivity contribution in [2.75, 3.05) is 0 Å². The van der Waals surface area contributed by atoms with Crippen molar-refractivity contribution in [2.45, 2.75) is 36.7 Å². The summed E-state index contributed by atoms with van der Waals surface area (Å²) in [6.45, 7) is 1.48. The molecule has 1 saturated carbocycles. The normalized spacial score (nSPS) is 16.2. The summed E-state index contributed by atoms with van der Waals surface area (Å²) in [6, 6.07) is 6.99. The van der Waals surface area contributed by atoms with Gasteiger partial charge < -0.3 is 5.32 Å². The van der Waals surface area contributed by atoms with Crippen molar-refractivity contribution in [3.63, 3.8) is 0 Å². The average Bonchev–Trinajstić information content (AvgIpc) is 3.22. The van der Waals surface area contributed by atoms with Crippen molar-refractivity contribution in [1.82, 2.24) is 10.0 Å². The lowest BCUT2D eigenvalue weighted by Gasteiger charge is -2.14. The van der Waals surface area contributed by atoms with Crippen LogP contribution in [0.25, 0.3) is 0 Å². The zero-order valence-electron chi connectivity index (χ0n) is 11.0. The zero-order chi connectivity index (χ0) is 14.8. The van der Waals surface area contributed by atoms with E-state index in [0.717, 1.165) is 12.8 Å². The number of carbonyl (C=O) groups excluding carboxylic acids is 1. The molecule has 106 valence electrons. The van der Waals surface area contributed by atoms with Gasteiger partial charge in [-0.3, -0.25) is 4.79 Å². The minimum Gasteiger partial charge on any atom is -0.352 e. The molecule has 1 aliphatic carbocycles. The Morgan fingerprint density at radius 3 is 2.65 bits per heavy atom. The minimum absolute atomic E-state index is 0.0507. The highest BCUT2D eigenvalue weighted by atomic mass is 32.2. The predicted molar refractivity (Wildman–Crippen MR) is 72.1 cm³/mol. The number of sulfonamides is 1. The van der Waals surface area contributed by atoms with Crippen molar-refractivity contribution in [3.8, 4) is 6.07 Å². The Morgan fingerprint density at radius 1 is 1.40 bits per heavy atom. The van der Waals surface area contributed by atoms with Gasteiger partial charge >= 0.3 is 0 Å². The molecule has 1 atom stereocenters. The summed E-state index contributed by atoms with van der Waals surface area (Å²) in [5.74, 6) is -0.356. The van der Waals surface area contributed by atoms with Gasteiger partial charge in [-0.05, 0) is 31.9 Å². The zero-order valence-corrected chi connectivity index (χ0v) is 11.8. The summed E-state index contributed by atoms with van der Waals surface area (Å²) < 4.78 is 26.7. The molecule has 1 fully saturated rings. The van der Waals surface area contributed by atoms with Crippen molar-refractivity contribution >= 4 is 15.9 Å². The van der Waals surface area contributed by atoms with Crippen LogP contribution < -0.4 is 10.0 Å². The van der Waals surface area contributed by atoms with Gasteiger partial charge in [0, 0.05) is 6.04 Å². The first kappa shape index (κ1) is 14.5. The fourth-order valence-electron chi connectivity index (χ4n) is 1.70. The van der Waals surface area contributed by atoms with Crippen LogP contribution >= 0.6 is 0 Å².